The minimum absolute atomic E-state index is 0. The summed E-state index contributed by atoms with van der Waals surface area (Å²) in [4.78, 5) is 4.82. The standard InChI is InChI=1S/C22H27N5O3S.2ClH/c1-26-15-22(18-14-17(4-6-21(18)26)25-31(2,28)29)8-11-27(12-9-22)10-7-16-3-5-19-20(13-16)24-30-23-19;;/h3-6,13-14,25H,7-12,15H2,1-2H3;2*1H. The van der Waals surface area contributed by atoms with Crippen LogP contribution in [0.4, 0.5) is 11.4 Å². The van der Waals surface area contributed by atoms with Gasteiger partial charge in [-0.3, -0.25) is 4.72 Å². The van der Waals surface area contributed by atoms with Gasteiger partial charge in [-0.25, -0.2) is 13.0 Å². The Morgan fingerprint density at radius 2 is 1.79 bits per heavy atom. The molecule has 0 bridgehead atoms. The fourth-order valence-corrected chi connectivity index (χ4v) is 5.65. The highest BCUT2D eigenvalue weighted by Gasteiger charge is 2.43. The molecular weight excluding hydrogens is 485 g/mol. The van der Waals surface area contributed by atoms with Crippen molar-refractivity contribution in [2.75, 3.05) is 49.1 Å². The molecule has 1 aromatic heterocycles. The van der Waals surface area contributed by atoms with Gasteiger partial charge in [0.2, 0.25) is 10.0 Å². The van der Waals surface area contributed by atoms with Crippen molar-refractivity contribution in [1.82, 2.24) is 15.2 Å². The number of likely N-dealkylation sites (N-methyl/N-ethyl adjacent to an activating group) is 1. The first-order valence-corrected chi connectivity index (χ1v) is 12.5. The molecule has 0 aliphatic carbocycles. The summed E-state index contributed by atoms with van der Waals surface area (Å²) in [6.45, 7) is 4.05. The van der Waals surface area contributed by atoms with Gasteiger partial charge in [0, 0.05) is 36.9 Å². The molecule has 0 unspecified atom stereocenters. The number of anilines is 2. The van der Waals surface area contributed by atoms with E-state index in [0.717, 1.165) is 56.5 Å². The summed E-state index contributed by atoms with van der Waals surface area (Å²) in [5.41, 5.74) is 6.05. The number of aromatic nitrogens is 2. The maximum Gasteiger partial charge on any atom is 0.229 e. The summed E-state index contributed by atoms with van der Waals surface area (Å²) in [5.74, 6) is 0. The minimum atomic E-state index is -3.29. The summed E-state index contributed by atoms with van der Waals surface area (Å²) in [7, 11) is -1.17. The van der Waals surface area contributed by atoms with Crippen molar-refractivity contribution in [1.29, 1.82) is 0 Å². The first kappa shape index (κ1) is 25.6. The average molecular weight is 514 g/mol. The second-order valence-electron chi connectivity index (χ2n) is 8.92. The number of hydrogen-bond donors (Lipinski definition) is 1. The van der Waals surface area contributed by atoms with E-state index in [-0.39, 0.29) is 30.2 Å². The number of nitrogens with one attached hydrogen (secondary N) is 1. The first-order chi connectivity index (χ1) is 14.8. The molecule has 33 heavy (non-hydrogen) atoms. The van der Waals surface area contributed by atoms with Crippen LogP contribution in [0.3, 0.4) is 0 Å². The van der Waals surface area contributed by atoms with Gasteiger partial charge < -0.3 is 9.80 Å². The van der Waals surface area contributed by atoms with Crippen LogP contribution in [0.2, 0.25) is 0 Å². The van der Waals surface area contributed by atoms with Gasteiger partial charge in [0.15, 0.2) is 0 Å². The zero-order chi connectivity index (χ0) is 21.6. The van der Waals surface area contributed by atoms with E-state index in [9.17, 15) is 8.42 Å². The molecule has 5 rings (SSSR count). The lowest BCUT2D eigenvalue weighted by molar-refractivity contribution is 0.168. The molecule has 180 valence electrons. The quantitative estimate of drug-likeness (QED) is 0.558. The van der Waals surface area contributed by atoms with E-state index in [2.05, 4.69) is 44.0 Å². The van der Waals surface area contributed by atoms with Gasteiger partial charge in [-0.15, -0.1) is 24.8 Å². The van der Waals surface area contributed by atoms with Crippen LogP contribution < -0.4 is 9.62 Å². The number of nitrogens with zero attached hydrogens (tertiary/aromatic N) is 4. The summed E-state index contributed by atoms with van der Waals surface area (Å²) >= 11 is 0. The van der Waals surface area contributed by atoms with Crippen LogP contribution in [-0.4, -0.2) is 63.1 Å². The predicted octanol–water partition coefficient (Wildman–Crippen LogP) is 3.46. The number of likely N-dealkylation sites (tertiary alicyclic amines) is 1. The van der Waals surface area contributed by atoms with E-state index >= 15 is 0 Å². The second-order valence-corrected chi connectivity index (χ2v) is 10.7. The van der Waals surface area contributed by atoms with E-state index in [1.165, 1.54) is 23.1 Å². The molecule has 1 fully saturated rings. The van der Waals surface area contributed by atoms with Gasteiger partial charge in [0.25, 0.3) is 0 Å². The fourth-order valence-electron chi connectivity index (χ4n) is 5.10. The highest BCUT2D eigenvalue weighted by atomic mass is 35.5. The van der Waals surface area contributed by atoms with Crippen molar-refractivity contribution < 1.29 is 13.0 Å². The van der Waals surface area contributed by atoms with Crippen LogP contribution in [0.1, 0.15) is 24.0 Å². The number of piperidine rings is 1. The van der Waals surface area contributed by atoms with E-state index in [1.54, 1.807) is 0 Å². The maximum absolute atomic E-state index is 11.7. The number of sulfonamides is 1. The van der Waals surface area contributed by atoms with E-state index < -0.39 is 10.0 Å². The molecule has 0 radical (unpaired) electrons. The Labute approximate surface area is 206 Å². The number of benzene rings is 2. The summed E-state index contributed by atoms with van der Waals surface area (Å²) in [5, 5.41) is 7.80. The van der Waals surface area contributed by atoms with Gasteiger partial charge >= 0.3 is 0 Å². The third-order valence-corrected chi connectivity index (χ3v) is 7.28. The first-order valence-electron chi connectivity index (χ1n) is 10.6. The molecule has 1 N–H and O–H groups in total. The van der Waals surface area contributed by atoms with Crippen molar-refractivity contribution in [3.8, 4) is 0 Å². The highest BCUT2D eigenvalue weighted by molar-refractivity contribution is 7.92. The smallest absolute Gasteiger partial charge is 0.229 e. The minimum Gasteiger partial charge on any atom is -0.373 e. The van der Waals surface area contributed by atoms with Gasteiger partial charge in [0.05, 0.1) is 6.26 Å². The van der Waals surface area contributed by atoms with Crippen LogP contribution in [-0.2, 0) is 21.9 Å². The zero-order valence-electron chi connectivity index (χ0n) is 18.7. The van der Waals surface area contributed by atoms with Crippen molar-refractivity contribution in [3.63, 3.8) is 0 Å². The molecule has 0 saturated carbocycles. The molecular formula is C22H29Cl2N5O3S. The number of fused-ring (bicyclic) bond motifs is 3. The van der Waals surface area contributed by atoms with E-state index in [4.69, 9.17) is 4.63 Å². The van der Waals surface area contributed by atoms with Crippen LogP contribution >= 0.6 is 24.8 Å². The van der Waals surface area contributed by atoms with Gasteiger partial charge in [-0.2, -0.15) is 0 Å². The SMILES string of the molecule is CN1CC2(CCN(CCc3ccc4nonc4c3)CC2)c2cc(NS(C)(=O)=O)ccc21.Cl.Cl. The number of hydrogen-bond acceptors (Lipinski definition) is 7. The molecule has 0 atom stereocenters. The lowest BCUT2D eigenvalue weighted by atomic mass is 9.74. The predicted molar refractivity (Wildman–Crippen MR) is 136 cm³/mol. The Balaban J connectivity index is 0.00000153. The Morgan fingerprint density at radius 3 is 2.52 bits per heavy atom. The third-order valence-electron chi connectivity index (χ3n) is 6.67. The number of halogens is 2. The third kappa shape index (κ3) is 5.21. The van der Waals surface area contributed by atoms with Gasteiger partial charge in [-0.1, -0.05) is 6.07 Å². The van der Waals surface area contributed by atoms with Gasteiger partial charge in [-0.05, 0) is 84.1 Å². The lowest BCUT2D eigenvalue weighted by Crippen LogP contribution is -2.45. The van der Waals surface area contributed by atoms with Crippen molar-refractivity contribution in [2.45, 2.75) is 24.7 Å². The van der Waals surface area contributed by atoms with E-state index in [0.29, 0.717) is 5.69 Å². The monoisotopic (exact) mass is 513 g/mol. The lowest BCUT2D eigenvalue weighted by Gasteiger charge is -2.40. The highest BCUT2D eigenvalue weighted by Crippen LogP contribution is 2.47. The Bertz CT molecular complexity index is 1230. The van der Waals surface area contributed by atoms with Crippen LogP contribution in [0.5, 0.6) is 0 Å². The number of rotatable bonds is 5. The van der Waals surface area contributed by atoms with Crippen molar-refractivity contribution >= 4 is 57.2 Å². The largest absolute Gasteiger partial charge is 0.373 e. The second kappa shape index (κ2) is 9.66. The maximum atomic E-state index is 11.7. The molecule has 2 aromatic carbocycles. The molecule has 2 aliphatic rings. The van der Waals surface area contributed by atoms with Crippen molar-refractivity contribution in [2.24, 2.45) is 0 Å². The van der Waals surface area contributed by atoms with Crippen molar-refractivity contribution in [3.05, 3.63) is 47.5 Å². The molecule has 2 aliphatic heterocycles. The summed E-state index contributed by atoms with van der Waals surface area (Å²) in [6, 6.07) is 12.0. The Morgan fingerprint density at radius 1 is 1.06 bits per heavy atom. The summed E-state index contributed by atoms with van der Waals surface area (Å²) < 4.78 is 30.8. The van der Waals surface area contributed by atoms with Crippen LogP contribution in [0.15, 0.2) is 41.0 Å². The molecule has 1 saturated heterocycles. The molecule has 3 aromatic rings. The zero-order valence-corrected chi connectivity index (χ0v) is 21.1. The summed E-state index contributed by atoms with van der Waals surface area (Å²) in [6.07, 6.45) is 4.30. The molecule has 0 amide bonds. The normalized spacial score (nSPS) is 17.5. The molecule has 1 spiro atoms. The Hall–Kier alpha value is -2.07. The fraction of sp³-hybridized carbons (Fsp3) is 0.455. The van der Waals surface area contributed by atoms with E-state index in [1.807, 2.05) is 24.3 Å². The van der Waals surface area contributed by atoms with Crippen LogP contribution in [0, 0.1) is 0 Å². The topological polar surface area (TPSA) is 91.6 Å². The molecule has 8 nitrogen and oxygen atoms in total. The average Bonchev–Trinajstić information content (AvgIpc) is 3.29. The molecule has 3 heterocycles. The van der Waals surface area contributed by atoms with Gasteiger partial charge in [0.1, 0.15) is 11.0 Å². The van der Waals surface area contributed by atoms with Crippen LogP contribution in [0.25, 0.3) is 11.0 Å². The molecule has 11 heteroatoms. The Kier molecular flexibility index (Phi) is 7.48.